The average Bonchev–Trinajstić information content (AvgIpc) is 2.23. The maximum absolute atomic E-state index is 9.22. The van der Waals surface area contributed by atoms with E-state index in [-0.39, 0.29) is 0 Å². The molecule has 0 saturated carbocycles. The standard InChI is InChI=1S/C12H19BO4/c1-4-16-5-6-17-11-7-9(2)12(13(14)15)10(3)8-11/h7-8,14-15H,4-6H2,1-3H3. The monoisotopic (exact) mass is 238 g/mol. The maximum atomic E-state index is 9.22. The van der Waals surface area contributed by atoms with Gasteiger partial charge in [-0.25, -0.2) is 0 Å². The molecule has 4 nitrogen and oxygen atoms in total. The maximum Gasteiger partial charge on any atom is 0.488 e. The quantitative estimate of drug-likeness (QED) is 0.556. The van der Waals surface area contributed by atoms with Crippen LogP contribution in [0.25, 0.3) is 0 Å². The molecule has 1 aromatic rings. The van der Waals surface area contributed by atoms with Crippen molar-refractivity contribution in [3.8, 4) is 5.75 Å². The number of hydrogen-bond acceptors (Lipinski definition) is 4. The van der Waals surface area contributed by atoms with Crippen LogP contribution in [0.2, 0.25) is 0 Å². The fourth-order valence-corrected chi connectivity index (χ4v) is 1.79. The number of aryl methyl sites for hydroxylation is 2. The van der Waals surface area contributed by atoms with Gasteiger partial charge in [-0.05, 0) is 49.5 Å². The second kappa shape index (κ2) is 6.64. The molecule has 94 valence electrons. The summed E-state index contributed by atoms with van der Waals surface area (Å²) >= 11 is 0. The molecule has 0 fully saturated rings. The van der Waals surface area contributed by atoms with Crippen molar-refractivity contribution in [1.29, 1.82) is 0 Å². The van der Waals surface area contributed by atoms with Crippen LogP contribution in [-0.2, 0) is 4.74 Å². The predicted molar refractivity (Wildman–Crippen MR) is 67.7 cm³/mol. The Hall–Kier alpha value is -1.04. The normalized spacial score (nSPS) is 10.4. The molecule has 0 atom stereocenters. The van der Waals surface area contributed by atoms with Crippen molar-refractivity contribution in [2.24, 2.45) is 0 Å². The zero-order chi connectivity index (χ0) is 12.8. The van der Waals surface area contributed by atoms with Gasteiger partial charge in [0.2, 0.25) is 0 Å². The topological polar surface area (TPSA) is 58.9 Å². The van der Waals surface area contributed by atoms with E-state index < -0.39 is 7.12 Å². The minimum Gasteiger partial charge on any atom is -0.491 e. The number of ether oxygens (including phenoxy) is 2. The van der Waals surface area contributed by atoms with E-state index in [1.54, 1.807) is 12.1 Å². The lowest BCUT2D eigenvalue weighted by Gasteiger charge is -2.13. The Balaban J connectivity index is 2.70. The molecule has 0 unspecified atom stereocenters. The Kier molecular flexibility index (Phi) is 5.48. The van der Waals surface area contributed by atoms with E-state index >= 15 is 0 Å². The molecule has 0 amide bonds. The molecule has 0 aliphatic rings. The lowest BCUT2D eigenvalue weighted by atomic mass is 9.74. The Bertz CT molecular complexity index is 343. The second-order valence-electron chi connectivity index (χ2n) is 3.89. The van der Waals surface area contributed by atoms with Crippen LogP contribution in [0, 0.1) is 13.8 Å². The van der Waals surface area contributed by atoms with Crippen molar-refractivity contribution >= 4 is 12.6 Å². The summed E-state index contributed by atoms with van der Waals surface area (Å²) in [5.41, 5.74) is 2.17. The summed E-state index contributed by atoms with van der Waals surface area (Å²) in [6.07, 6.45) is 0. The van der Waals surface area contributed by atoms with Gasteiger partial charge in [0.05, 0.1) is 6.61 Å². The van der Waals surface area contributed by atoms with Crippen molar-refractivity contribution in [1.82, 2.24) is 0 Å². The number of benzene rings is 1. The SMILES string of the molecule is CCOCCOc1cc(C)c(B(O)O)c(C)c1. The highest BCUT2D eigenvalue weighted by Crippen LogP contribution is 2.15. The zero-order valence-electron chi connectivity index (χ0n) is 10.6. The average molecular weight is 238 g/mol. The highest BCUT2D eigenvalue weighted by molar-refractivity contribution is 6.59. The van der Waals surface area contributed by atoms with Crippen LogP contribution in [0.5, 0.6) is 5.75 Å². The van der Waals surface area contributed by atoms with Crippen molar-refractivity contribution in [3.63, 3.8) is 0 Å². The Morgan fingerprint density at radius 3 is 2.18 bits per heavy atom. The van der Waals surface area contributed by atoms with Gasteiger partial charge in [-0.3, -0.25) is 0 Å². The van der Waals surface area contributed by atoms with E-state index in [4.69, 9.17) is 9.47 Å². The van der Waals surface area contributed by atoms with Gasteiger partial charge < -0.3 is 19.5 Å². The summed E-state index contributed by atoms with van der Waals surface area (Å²) in [7, 11) is -1.44. The molecule has 0 aliphatic heterocycles. The molecule has 0 aromatic heterocycles. The molecule has 0 bridgehead atoms. The summed E-state index contributed by atoms with van der Waals surface area (Å²) < 4.78 is 10.7. The molecule has 0 radical (unpaired) electrons. The van der Waals surface area contributed by atoms with E-state index in [9.17, 15) is 10.0 Å². The summed E-state index contributed by atoms with van der Waals surface area (Å²) in [6.45, 7) is 7.32. The lowest BCUT2D eigenvalue weighted by molar-refractivity contribution is 0.110. The van der Waals surface area contributed by atoms with Gasteiger partial charge >= 0.3 is 7.12 Å². The number of rotatable bonds is 6. The smallest absolute Gasteiger partial charge is 0.488 e. The van der Waals surface area contributed by atoms with Crippen molar-refractivity contribution in [2.75, 3.05) is 19.8 Å². The Labute approximate surface area is 102 Å². The van der Waals surface area contributed by atoms with Crippen LogP contribution >= 0.6 is 0 Å². The van der Waals surface area contributed by atoms with Gasteiger partial charge in [-0.1, -0.05) is 0 Å². The first-order chi connectivity index (χ1) is 8.06. The van der Waals surface area contributed by atoms with E-state index in [0.717, 1.165) is 16.9 Å². The molecular formula is C12H19BO4. The molecule has 0 spiro atoms. The zero-order valence-corrected chi connectivity index (χ0v) is 10.6. The van der Waals surface area contributed by atoms with Gasteiger partial charge in [-0.15, -0.1) is 0 Å². The first kappa shape index (κ1) is 14.0. The first-order valence-electron chi connectivity index (χ1n) is 5.74. The summed E-state index contributed by atoms with van der Waals surface area (Å²) in [5, 5.41) is 18.4. The number of hydrogen-bond donors (Lipinski definition) is 2. The third kappa shape index (κ3) is 4.04. The Morgan fingerprint density at radius 2 is 1.71 bits per heavy atom. The van der Waals surface area contributed by atoms with Crippen LogP contribution < -0.4 is 10.2 Å². The van der Waals surface area contributed by atoms with Gasteiger partial charge in [0.25, 0.3) is 0 Å². The van der Waals surface area contributed by atoms with E-state index in [2.05, 4.69) is 0 Å². The predicted octanol–water partition coefficient (Wildman–Crippen LogP) is 0.399. The minimum atomic E-state index is -1.44. The minimum absolute atomic E-state index is 0.494. The van der Waals surface area contributed by atoms with Gasteiger partial charge in [-0.2, -0.15) is 0 Å². The molecule has 5 heteroatoms. The molecule has 0 aliphatic carbocycles. The molecule has 0 saturated heterocycles. The van der Waals surface area contributed by atoms with Gasteiger partial charge in [0.15, 0.2) is 0 Å². The van der Waals surface area contributed by atoms with E-state index in [1.807, 2.05) is 20.8 Å². The summed E-state index contributed by atoms with van der Waals surface area (Å²) in [5.74, 6) is 0.726. The highest BCUT2D eigenvalue weighted by Gasteiger charge is 2.17. The van der Waals surface area contributed by atoms with Crippen molar-refractivity contribution in [3.05, 3.63) is 23.3 Å². The third-order valence-corrected chi connectivity index (χ3v) is 2.53. The summed E-state index contributed by atoms with van der Waals surface area (Å²) in [6, 6.07) is 3.60. The lowest BCUT2D eigenvalue weighted by Crippen LogP contribution is -2.34. The largest absolute Gasteiger partial charge is 0.491 e. The molecule has 1 aromatic carbocycles. The van der Waals surface area contributed by atoms with E-state index in [0.29, 0.717) is 25.3 Å². The molecular weight excluding hydrogens is 219 g/mol. The van der Waals surface area contributed by atoms with Crippen LogP contribution in [0.3, 0.4) is 0 Å². The van der Waals surface area contributed by atoms with Crippen LogP contribution in [-0.4, -0.2) is 37.0 Å². The van der Waals surface area contributed by atoms with Crippen molar-refractivity contribution in [2.45, 2.75) is 20.8 Å². The second-order valence-corrected chi connectivity index (χ2v) is 3.89. The van der Waals surface area contributed by atoms with Crippen molar-refractivity contribution < 1.29 is 19.5 Å². The highest BCUT2D eigenvalue weighted by atomic mass is 16.5. The molecule has 17 heavy (non-hydrogen) atoms. The van der Waals surface area contributed by atoms with Gasteiger partial charge in [0.1, 0.15) is 12.4 Å². The molecule has 2 N–H and O–H groups in total. The van der Waals surface area contributed by atoms with E-state index in [1.165, 1.54) is 0 Å². The van der Waals surface area contributed by atoms with Crippen LogP contribution in [0.15, 0.2) is 12.1 Å². The van der Waals surface area contributed by atoms with Crippen LogP contribution in [0.4, 0.5) is 0 Å². The molecule has 0 heterocycles. The first-order valence-corrected chi connectivity index (χ1v) is 5.74. The van der Waals surface area contributed by atoms with Gasteiger partial charge in [0, 0.05) is 6.61 Å². The fraction of sp³-hybridized carbons (Fsp3) is 0.500. The molecule has 1 rings (SSSR count). The third-order valence-electron chi connectivity index (χ3n) is 2.53. The summed E-state index contributed by atoms with van der Waals surface area (Å²) in [4.78, 5) is 0. The van der Waals surface area contributed by atoms with Crippen LogP contribution in [0.1, 0.15) is 18.1 Å². The fourth-order valence-electron chi connectivity index (χ4n) is 1.79. The Morgan fingerprint density at radius 1 is 1.12 bits per heavy atom.